The van der Waals surface area contributed by atoms with Crippen LogP contribution >= 0.6 is 11.6 Å². The molecule has 0 spiro atoms. The molecule has 0 aliphatic carbocycles. The highest BCUT2D eigenvalue weighted by molar-refractivity contribution is 6.31. The quantitative estimate of drug-likeness (QED) is 0.315. The van der Waals surface area contributed by atoms with Gasteiger partial charge in [0.1, 0.15) is 11.9 Å². The Labute approximate surface area is 207 Å². The molecule has 0 bridgehead atoms. The van der Waals surface area contributed by atoms with E-state index in [1.165, 1.54) is 0 Å². The maximum Gasteiger partial charge on any atom is 0.413 e. The number of hydrogen-bond donors (Lipinski definition) is 2. The lowest BCUT2D eigenvalue weighted by molar-refractivity contribution is -0.136. The Balaban J connectivity index is 1.48. The van der Waals surface area contributed by atoms with Crippen LogP contribution in [0.15, 0.2) is 79.0 Å². The topological polar surface area (TPSA) is 93.4 Å². The average Bonchev–Trinajstić information content (AvgIpc) is 3.19. The highest BCUT2D eigenvalue weighted by Crippen LogP contribution is 2.31. The van der Waals surface area contributed by atoms with Crippen molar-refractivity contribution in [2.75, 3.05) is 5.32 Å². The standard InChI is InChI=1S/C27H24ClN3O4/c1-17(22-5-3-4-6-24(22)28)35-27(34)30-26-23(16-29-31(26)2)21-13-11-20(12-14-21)19-9-7-18(8-10-19)15-25(32)33/h3-14,16-17H,15H2,1-2H3,(H,30,34)(H,32,33)/t17-/m1/s1. The Bertz CT molecular complexity index is 1350. The number of ether oxygens (including phenoxy) is 1. The zero-order valence-corrected chi connectivity index (χ0v) is 20.0. The van der Waals surface area contributed by atoms with Crippen LogP contribution in [0.4, 0.5) is 10.6 Å². The van der Waals surface area contributed by atoms with Gasteiger partial charge in [-0.3, -0.25) is 14.8 Å². The molecule has 4 rings (SSSR count). The summed E-state index contributed by atoms with van der Waals surface area (Å²) in [6.45, 7) is 1.76. The van der Waals surface area contributed by atoms with Gasteiger partial charge in [0.2, 0.25) is 0 Å². The van der Waals surface area contributed by atoms with Crippen LogP contribution in [0.5, 0.6) is 0 Å². The van der Waals surface area contributed by atoms with Crippen molar-refractivity contribution in [2.45, 2.75) is 19.4 Å². The number of amides is 1. The van der Waals surface area contributed by atoms with Gasteiger partial charge < -0.3 is 9.84 Å². The maximum atomic E-state index is 12.6. The summed E-state index contributed by atoms with van der Waals surface area (Å²) in [6.07, 6.45) is 0.542. The molecule has 0 aliphatic heterocycles. The van der Waals surface area contributed by atoms with Crippen LogP contribution in [0, 0.1) is 0 Å². The molecule has 1 atom stereocenters. The highest BCUT2D eigenvalue weighted by Gasteiger charge is 2.18. The number of rotatable bonds is 7. The molecular formula is C27H24ClN3O4. The number of nitrogens with zero attached hydrogens (tertiary/aromatic N) is 2. The Morgan fingerprint density at radius 2 is 1.60 bits per heavy atom. The van der Waals surface area contributed by atoms with E-state index in [1.807, 2.05) is 66.7 Å². The zero-order valence-electron chi connectivity index (χ0n) is 19.2. The van der Waals surface area contributed by atoms with E-state index in [4.69, 9.17) is 21.4 Å². The lowest BCUT2D eigenvalue weighted by Gasteiger charge is -2.16. The van der Waals surface area contributed by atoms with Gasteiger partial charge in [0.25, 0.3) is 0 Å². The fourth-order valence-electron chi connectivity index (χ4n) is 3.78. The Morgan fingerprint density at radius 3 is 2.23 bits per heavy atom. The summed E-state index contributed by atoms with van der Waals surface area (Å²) in [7, 11) is 1.74. The van der Waals surface area contributed by atoms with Gasteiger partial charge >= 0.3 is 12.1 Å². The van der Waals surface area contributed by atoms with E-state index < -0.39 is 18.2 Å². The third-order valence-corrected chi connectivity index (χ3v) is 5.97. The van der Waals surface area contributed by atoms with Crippen molar-refractivity contribution >= 4 is 29.5 Å². The van der Waals surface area contributed by atoms with E-state index in [9.17, 15) is 9.59 Å². The summed E-state index contributed by atoms with van der Waals surface area (Å²) in [5.74, 6) is -0.350. The van der Waals surface area contributed by atoms with Crippen molar-refractivity contribution in [3.63, 3.8) is 0 Å². The minimum atomic E-state index is -0.856. The first-order valence-electron chi connectivity index (χ1n) is 11.0. The third-order valence-electron chi connectivity index (χ3n) is 5.62. The van der Waals surface area contributed by atoms with Gasteiger partial charge in [0.15, 0.2) is 0 Å². The molecule has 2 N–H and O–H groups in total. The number of carbonyl (C=O) groups excluding carboxylic acids is 1. The second kappa shape index (κ2) is 10.4. The van der Waals surface area contributed by atoms with Gasteiger partial charge in [-0.1, -0.05) is 78.3 Å². The second-order valence-corrected chi connectivity index (χ2v) is 8.48. The Hall–Kier alpha value is -4.10. The van der Waals surface area contributed by atoms with Crippen molar-refractivity contribution in [1.29, 1.82) is 0 Å². The van der Waals surface area contributed by atoms with E-state index in [1.54, 1.807) is 30.9 Å². The van der Waals surface area contributed by atoms with Crippen LogP contribution in [0.2, 0.25) is 5.02 Å². The number of carboxylic acids is 1. The Kier molecular flexibility index (Phi) is 7.17. The molecule has 1 aromatic heterocycles. The van der Waals surface area contributed by atoms with Crippen molar-refractivity contribution in [3.8, 4) is 22.3 Å². The predicted octanol–water partition coefficient (Wildman–Crippen LogP) is 6.34. The van der Waals surface area contributed by atoms with Crippen molar-refractivity contribution < 1.29 is 19.4 Å². The molecule has 0 radical (unpaired) electrons. The minimum absolute atomic E-state index is 0.00436. The largest absolute Gasteiger partial charge is 0.481 e. The summed E-state index contributed by atoms with van der Waals surface area (Å²) in [5, 5.41) is 16.5. The predicted molar refractivity (Wildman–Crippen MR) is 135 cm³/mol. The van der Waals surface area contributed by atoms with E-state index >= 15 is 0 Å². The van der Waals surface area contributed by atoms with E-state index in [2.05, 4.69) is 10.4 Å². The number of benzene rings is 3. The van der Waals surface area contributed by atoms with Crippen LogP contribution in [-0.2, 0) is 23.0 Å². The van der Waals surface area contributed by atoms with Gasteiger partial charge in [-0.05, 0) is 35.2 Å². The van der Waals surface area contributed by atoms with E-state index in [-0.39, 0.29) is 6.42 Å². The number of hydrogen-bond acceptors (Lipinski definition) is 4. The molecule has 0 saturated heterocycles. The molecule has 7 nitrogen and oxygen atoms in total. The number of halogens is 1. The summed E-state index contributed by atoms with van der Waals surface area (Å²) in [4.78, 5) is 23.5. The Morgan fingerprint density at radius 1 is 1.00 bits per heavy atom. The number of aromatic nitrogens is 2. The summed E-state index contributed by atoms with van der Waals surface area (Å²) in [5.41, 5.74) is 5.06. The molecule has 0 saturated carbocycles. The summed E-state index contributed by atoms with van der Waals surface area (Å²) >= 11 is 6.21. The number of aryl methyl sites for hydroxylation is 1. The molecule has 178 valence electrons. The van der Waals surface area contributed by atoms with Crippen LogP contribution in [0.3, 0.4) is 0 Å². The van der Waals surface area contributed by atoms with Gasteiger partial charge in [-0.25, -0.2) is 4.79 Å². The van der Waals surface area contributed by atoms with Gasteiger partial charge in [-0.2, -0.15) is 5.10 Å². The molecule has 35 heavy (non-hydrogen) atoms. The molecule has 0 fully saturated rings. The lowest BCUT2D eigenvalue weighted by Crippen LogP contribution is -2.18. The summed E-state index contributed by atoms with van der Waals surface area (Å²) in [6, 6.07) is 22.5. The molecule has 3 aromatic carbocycles. The van der Waals surface area contributed by atoms with Crippen LogP contribution in [0.1, 0.15) is 24.2 Å². The van der Waals surface area contributed by atoms with E-state index in [0.717, 1.165) is 33.4 Å². The molecule has 1 amide bonds. The molecule has 8 heteroatoms. The van der Waals surface area contributed by atoms with E-state index in [0.29, 0.717) is 10.8 Å². The average molecular weight is 490 g/mol. The smallest absolute Gasteiger partial charge is 0.413 e. The number of nitrogens with one attached hydrogen (secondary N) is 1. The minimum Gasteiger partial charge on any atom is -0.481 e. The molecule has 0 unspecified atom stereocenters. The monoisotopic (exact) mass is 489 g/mol. The number of aliphatic carboxylic acids is 1. The van der Waals surface area contributed by atoms with Crippen LogP contribution in [0.25, 0.3) is 22.3 Å². The van der Waals surface area contributed by atoms with Crippen molar-refractivity contribution in [1.82, 2.24) is 9.78 Å². The van der Waals surface area contributed by atoms with Crippen LogP contribution < -0.4 is 5.32 Å². The fraction of sp³-hybridized carbons (Fsp3) is 0.148. The molecule has 0 aliphatic rings. The first-order valence-corrected chi connectivity index (χ1v) is 11.3. The number of carboxylic acid groups (broad SMARTS) is 1. The maximum absolute atomic E-state index is 12.6. The first kappa shape index (κ1) is 24.0. The molecular weight excluding hydrogens is 466 g/mol. The zero-order chi connectivity index (χ0) is 24.9. The van der Waals surface area contributed by atoms with Crippen molar-refractivity contribution in [3.05, 3.63) is 95.1 Å². The van der Waals surface area contributed by atoms with Gasteiger partial charge in [0.05, 0.1) is 12.6 Å². The molecule has 4 aromatic rings. The first-order chi connectivity index (χ1) is 16.8. The number of anilines is 1. The second-order valence-electron chi connectivity index (χ2n) is 8.07. The summed E-state index contributed by atoms with van der Waals surface area (Å²) < 4.78 is 7.11. The SMILES string of the molecule is C[C@@H](OC(=O)Nc1c(-c2ccc(-c3ccc(CC(=O)O)cc3)cc2)cnn1C)c1ccccc1Cl. The third kappa shape index (κ3) is 5.70. The van der Waals surface area contributed by atoms with Gasteiger partial charge in [0, 0.05) is 23.2 Å². The van der Waals surface area contributed by atoms with Gasteiger partial charge in [-0.15, -0.1) is 0 Å². The van der Waals surface area contributed by atoms with Crippen molar-refractivity contribution in [2.24, 2.45) is 7.05 Å². The molecule has 1 heterocycles. The fourth-order valence-corrected chi connectivity index (χ4v) is 4.07. The highest BCUT2D eigenvalue weighted by atomic mass is 35.5. The normalized spacial score (nSPS) is 11.6. The lowest BCUT2D eigenvalue weighted by atomic mass is 10.00. The van der Waals surface area contributed by atoms with Crippen LogP contribution in [-0.4, -0.2) is 26.9 Å². The number of carbonyl (C=O) groups is 2.